The summed E-state index contributed by atoms with van der Waals surface area (Å²) in [6, 6.07) is 13.0. The van der Waals surface area contributed by atoms with Crippen LogP contribution in [0, 0.1) is 6.92 Å². The molecule has 0 atom stereocenters. The molecule has 0 aliphatic rings. The van der Waals surface area contributed by atoms with Crippen LogP contribution in [0.4, 0.5) is 0 Å². The summed E-state index contributed by atoms with van der Waals surface area (Å²) in [6.45, 7) is 20.0. The Morgan fingerprint density at radius 3 is 1.92 bits per heavy atom. The molecule has 0 aliphatic carbocycles. The number of allylic oxidation sites excluding steroid dienone is 4. The van der Waals surface area contributed by atoms with Gasteiger partial charge in [-0.3, -0.25) is 0 Å². The van der Waals surface area contributed by atoms with E-state index in [2.05, 4.69) is 62.6 Å². The molecule has 0 heteroatoms. The highest BCUT2D eigenvalue weighted by Gasteiger charge is 1.99. The smallest absolute Gasteiger partial charge is 0.0178 e. The van der Waals surface area contributed by atoms with Crippen LogP contribution in [0.25, 0.3) is 16.3 Å². The first-order valence-electron chi connectivity index (χ1n) is 8.10. The maximum atomic E-state index is 4.11. The third-order valence-electron chi connectivity index (χ3n) is 3.09. The van der Waals surface area contributed by atoms with Gasteiger partial charge in [0.1, 0.15) is 0 Å². The fourth-order valence-electron chi connectivity index (χ4n) is 1.98. The van der Waals surface area contributed by atoms with Gasteiger partial charge < -0.3 is 0 Å². The van der Waals surface area contributed by atoms with E-state index in [1.807, 2.05) is 40.7 Å². The van der Waals surface area contributed by atoms with Crippen molar-refractivity contribution in [1.29, 1.82) is 0 Å². The van der Waals surface area contributed by atoms with Gasteiger partial charge in [-0.2, -0.15) is 0 Å². The molecular formula is C24H38. The van der Waals surface area contributed by atoms with Crippen LogP contribution >= 0.6 is 0 Å². The van der Waals surface area contributed by atoms with Gasteiger partial charge in [0, 0.05) is 0 Å². The summed E-state index contributed by atoms with van der Waals surface area (Å²) in [5.41, 5.74) is 4.60. The number of hydrogen-bond acceptors (Lipinski definition) is 0. The number of fused-ring (bicyclic) bond motifs is 1. The summed E-state index contributed by atoms with van der Waals surface area (Å²) in [5, 5.41) is 2.53. The predicted octanol–water partition coefficient (Wildman–Crippen LogP) is 8.62. The van der Waals surface area contributed by atoms with Gasteiger partial charge >= 0.3 is 0 Å². The minimum atomic E-state index is 0. The van der Waals surface area contributed by atoms with Crippen LogP contribution in [0.5, 0.6) is 0 Å². The maximum absolute atomic E-state index is 4.11. The number of aryl methyl sites for hydroxylation is 1. The lowest BCUT2D eigenvalue weighted by molar-refractivity contribution is 1.50. The van der Waals surface area contributed by atoms with E-state index in [1.54, 1.807) is 0 Å². The van der Waals surface area contributed by atoms with Crippen molar-refractivity contribution in [2.24, 2.45) is 0 Å². The minimum Gasteiger partial charge on any atom is -0.0988 e. The molecule has 0 aromatic heterocycles. The van der Waals surface area contributed by atoms with E-state index >= 15 is 0 Å². The molecule has 0 unspecified atom stereocenters. The second kappa shape index (κ2) is 14.5. The molecule has 0 fully saturated rings. The van der Waals surface area contributed by atoms with E-state index < -0.39 is 0 Å². The van der Waals surface area contributed by atoms with E-state index in [0.717, 1.165) is 16.7 Å². The molecule has 0 amide bonds. The van der Waals surface area contributed by atoms with Crippen LogP contribution in [0.3, 0.4) is 0 Å². The zero-order chi connectivity index (χ0) is 17.1. The van der Waals surface area contributed by atoms with Gasteiger partial charge in [0.25, 0.3) is 0 Å². The standard InChI is InChI=1S/C18H18.2C2H6.2CH4/c1-5-13(2)10-15(4)16-8-9-17-11-14(3)6-7-18(17)12-16;2*1-2;;/h5-12H,1,4H2,2-3H3;2*1-2H3;2*1H4/b13-10-;;;;. The molecule has 134 valence electrons. The first kappa shape index (κ1) is 26.8. The Hall–Kier alpha value is -2.08. The Morgan fingerprint density at radius 2 is 1.38 bits per heavy atom. The van der Waals surface area contributed by atoms with Gasteiger partial charge in [-0.05, 0) is 41.8 Å². The van der Waals surface area contributed by atoms with Crippen molar-refractivity contribution in [3.05, 3.63) is 78.4 Å². The molecule has 0 N–H and O–H groups in total. The summed E-state index contributed by atoms with van der Waals surface area (Å²) in [7, 11) is 0. The van der Waals surface area contributed by atoms with Crippen LogP contribution in [-0.4, -0.2) is 0 Å². The first-order valence-corrected chi connectivity index (χ1v) is 8.10. The fourth-order valence-corrected chi connectivity index (χ4v) is 1.98. The largest absolute Gasteiger partial charge is 0.0988 e. The Bertz CT molecular complexity index is 642. The van der Waals surface area contributed by atoms with E-state index in [0.29, 0.717) is 0 Å². The highest BCUT2D eigenvalue weighted by molar-refractivity contribution is 5.88. The lowest BCUT2D eigenvalue weighted by Crippen LogP contribution is -1.82. The molecule has 24 heavy (non-hydrogen) atoms. The van der Waals surface area contributed by atoms with Crippen molar-refractivity contribution < 1.29 is 0 Å². The molecule has 0 saturated heterocycles. The molecule has 0 aliphatic heterocycles. The topological polar surface area (TPSA) is 0 Å². The number of rotatable bonds is 3. The monoisotopic (exact) mass is 326 g/mol. The van der Waals surface area contributed by atoms with Crippen molar-refractivity contribution in [3.8, 4) is 0 Å². The quantitative estimate of drug-likeness (QED) is 0.495. The molecule has 0 spiro atoms. The van der Waals surface area contributed by atoms with Gasteiger partial charge in [0.15, 0.2) is 0 Å². The zero-order valence-corrected chi connectivity index (χ0v) is 15.0. The van der Waals surface area contributed by atoms with Crippen molar-refractivity contribution in [3.63, 3.8) is 0 Å². The van der Waals surface area contributed by atoms with Crippen molar-refractivity contribution in [2.75, 3.05) is 0 Å². The van der Waals surface area contributed by atoms with E-state index in [9.17, 15) is 0 Å². The number of benzene rings is 2. The second-order valence-electron chi connectivity index (χ2n) is 4.68. The van der Waals surface area contributed by atoms with E-state index in [4.69, 9.17) is 0 Å². The fraction of sp³-hybridized carbons (Fsp3) is 0.333. The maximum Gasteiger partial charge on any atom is -0.0178 e. The first-order chi connectivity index (χ1) is 10.6. The summed E-state index contributed by atoms with van der Waals surface area (Å²) in [5.74, 6) is 0. The lowest BCUT2D eigenvalue weighted by Gasteiger charge is -2.05. The van der Waals surface area contributed by atoms with Crippen molar-refractivity contribution in [2.45, 2.75) is 56.4 Å². The Kier molecular flexibility index (Phi) is 16.2. The summed E-state index contributed by atoms with van der Waals surface area (Å²) >= 11 is 0. The third-order valence-corrected chi connectivity index (χ3v) is 3.09. The molecule has 0 saturated carbocycles. The molecule has 0 heterocycles. The number of hydrogen-bond donors (Lipinski definition) is 0. The van der Waals surface area contributed by atoms with Crippen molar-refractivity contribution >= 4 is 16.3 Å². The summed E-state index contributed by atoms with van der Waals surface area (Å²) < 4.78 is 0. The van der Waals surface area contributed by atoms with Gasteiger partial charge in [0.2, 0.25) is 0 Å². The van der Waals surface area contributed by atoms with Gasteiger partial charge in [-0.1, -0.05) is 109 Å². The minimum absolute atomic E-state index is 0. The highest BCUT2D eigenvalue weighted by atomic mass is 14.0. The molecule has 2 aromatic rings. The summed E-state index contributed by atoms with van der Waals surface area (Å²) in [6.07, 6.45) is 3.90. The normalized spacial score (nSPS) is 9.17. The average Bonchev–Trinajstić information content (AvgIpc) is 2.57. The highest BCUT2D eigenvalue weighted by Crippen LogP contribution is 2.22. The Balaban J connectivity index is -0.000000684. The van der Waals surface area contributed by atoms with E-state index in [-0.39, 0.29) is 14.9 Å². The van der Waals surface area contributed by atoms with Gasteiger partial charge in [-0.15, -0.1) is 0 Å². The Morgan fingerprint density at radius 1 is 0.875 bits per heavy atom. The predicted molar refractivity (Wildman–Crippen MR) is 118 cm³/mol. The lowest BCUT2D eigenvalue weighted by atomic mass is 10.00. The summed E-state index contributed by atoms with van der Waals surface area (Å²) in [4.78, 5) is 0. The van der Waals surface area contributed by atoms with Crippen molar-refractivity contribution in [1.82, 2.24) is 0 Å². The molecule has 2 rings (SSSR count). The van der Waals surface area contributed by atoms with E-state index in [1.165, 1.54) is 16.3 Å². The molecule has 0 nitrogen and oxygen atoms in total. The second-order valence-corrected chi connectivity index (χ2v) is 4.68. The third kappa shape index (κ3) is 7.97. The SMILES string of the molecule is C.C.C=C/C(C)=C\C(=C)c1ccc2cc(C)ccc2c1.CC.CC. The van der Waals surface area contributed by atoms with Crippen LogP contribution in [0.15, 0.2) is 67.3 Å². The van der Waals surface area contributed by atoms with Crippen LogP contribution in [0.2, 0.25) is 0 Å². The van der Waals surface area contributed by atoms with Crippen LogP contribution in [-0.2, 0) is 0 Å². The van der Waals surface area contributed by atoms with Crippen LogP contribution < -0.4 is 0 Å². The van der Waals surface area contributed by atoms with Crippen LogP contribution in [0.1, 0.15) is 60.6 Å². The average molecular weight is 327 g/mol. The molecule has 2 aromatic carbocycles. The zero-order valence-electron chi connectivity index (χ0n) is 15.0. The Labute approximate surface area is 151 Å². The molecule has 0 radical (unpaired) electrons. The molecule has 0 bridgehead atoms. The molecular weight excluding hydrogens is 288 g/mol. The van der Waals surface area contributed by atoms with Gasteiger partial charge in [-0.25, -0.2) is 0 Å². The van der Waals surface area contributed by atoms with Gasteiger partial charge in [0.05, 0.1) is 0 Å².